The molecule has 36 heavy (non-hydrogen) atoms. The van der Waals surface area contributed by atoms with Gasteiger partial charge in [-0.25, -0.2) is 0 Å². The Balaban J connectivity index is 1.56. The van der Waals surface area contributed by atoms with Crippen molar-refractivity contribution < 1.29 is 9.90 Å². The number of piperazine rings is 1. The fraction of sp³-hybridized carbons (Fsp3) is 0.379. The molecule has 1 saturated heterocycles. The van der Waals surface area contributed by atoms with Crippen LogP contribution in [0.3, 0.4) is 0 Å². The van der Waals surface area contributed by atoms with Crippen LogP contribution >= 0.6 is 0 Å². The van der Waals surface area contributed by atoms with Crippen LogP contribution in [-0.2, 0) is 11.8 Å². The first-order valence-corrected chi connectivity index (χ1v) is 12.4. The number of amides is 1. The van der Waals surface area contributed by atoms with Crippen LogP contribution < -0.4 is 10.2 Å². The number of aromatic nitrogens is 1. The van der Waals surface area contributed by atoms with Crippen molar-refractivity contribution in [2.45, 2.75) is 25.8 Å². The average Bonchev–Trinajstić information content (AvgIpc) is 3.21. The number of aliphatic hydroxyl groups is 1. The minimum Gasteiger partial charge on any atom is -0.396 e. The van der Waals surface area contributed by atoms with E-state index in [1.807, 2.05) is 43.7 Å². The van der Waals surface area contributed by atoms with Crippen molar-refractivity contribution in [2.75, 3.05) is 44.7 Å². The Labute approximate surface area is 213 Å². The number of hydrogen-bond donors (Lipinski definition) is 2. The number of fused-ring (bicyclic) bond motifs is 1. The quantitative estimate of drug-likeness (QED) is 0.393. The molecule has 2 heterocycles. The van der Waals surface area contributed by atoms with Crippen molar-refractivity contribution in [3.8, 4) is 17.3 Å². The number of rotatable bonds is 7. The molecule has 1 aromatic heterocycles. The second-order valence-electron chi connectivity index (χ2n) is 10.2. The van der Waals surface area contributed by atoms with Gasteiger partial charge in [-0.1, -0.05) is 18.2 Å². The number of nitrogens with one attached hydrogen (secondary N) is 1. The third-order valence-corrected chi connectivity index (χ3v) is 6.99. The first kappa shape index (κ1) is 25.5. The van der Waals surface area contributed by atoms with Crippen LogP contribution in [0.2, 0.25) is 0 Å². The molecule has 3 aromatic rings. The van der Waals surface area contributed by atoms with Gasteiger partial charge >= 0.3 is 0 Å². The lowest BCUT2D eigenvalue weighted by atomic mass is 10.0. The zero-order chi connectivity index (χ0) is 25.9. The van der Waals surface area contributed by atoms with Crippen molar-refractivity contribution in [2.24, 2.45) is 7.05 Å². The van der Waals surface area contributed by atoms with E-state index in [1.54, 1.807) is 6.08 Å². The third-order valence-electron chi connectivity index (χ3n) is 6.99. The van der Waals surface area contributed by atoms with E-state index in [0.717, 1.165) is 43.1 Å². The molecule has 0 aliphatic carbocycles. The first-order chi connectivity index (χ1) is 17.2. The number of benzene rings is 2. The topological polar surface area (TPSA) is 84.5 Å². The number of anilines is 1. The molecule has 0 radical (unpaired) electrons. The predicted molar refractivity (Wildman–Crippen MR) is 146 cm³/mol. The van der Waals surface area contributed by atoms with Crippen molar-refractivity contribution in [1.82, 2.24) is 14.8 Å². The predicted octanol–water partition coefficient (Wildman–Crippen LogP) is 3.78. The molecule has 7 nitrogen and oxygen atoms in total. The Morgan fingerprint density at radius 1 is 1.06 bits per heavy atom. The lowest BCUT2D eigenvalue weighted by Crippen LogP contribution is -2.44. The van der Waals surface area contributed by atoms with Gasteiger partial charge < -0.3 is 24.8 Å². The zero-order valence-electron chi connectivity index (χ0n) is 21.6. The minimum absolute atomic E-state index is 0.0312. The van der Waals surface area contributed by atoms with Gasteiger partial charge in [0.15, 0.2) is 0 Å². The molecule has 1 aliphatic rings. The molecular formula is C29H35N5O2. The Hall–Kier alpha value is -3.60. The van der Waals surface area contributed by atoms with Gasteiger partial charge in [0.2, 0.25) is 0 Å². The number of aliphatic hydroxyl groups excluding tert-OH is 1. The van der Waals surface area contributed by atoms with Crippen LogP contribution in [0.25, 0.3) is 28.1 Å². The van der Waals surface area contributed by atoms with E-state index in [2.05, 4.69) is 58.6 Å². The van der Waals surface area contributed by atoms with E-state index in [4.69, 9.17) is 0 Å². The molecule has 1 fully saturated rings. The van der Waals surface area contributed by atoms with Crippen LogP contribution in [0.5, 0.6) is 0 Å². The number of nitrogens with zero attached hydrogens (tertiary/aromatic N) is 4. The summed E-state index contributed by atoms with van der Waals surface area (Å²) >= 11 is 0. The van der Waals surface area contributed by atoms with Crippen molar-refractivity contribution in [3.63, 3.8) is 0 Å². The lowest BCUT2D eigenvalue weighted by Gasteiger charge is -2.34. The standard InChI is InChI=1S/C29H35N5O2/c1-29(2,11-16-35)31-28(36)24(20-30)19-25-9-10-27(33(25)4)23-6-5-22-18-26(8-7-21(22)17-23)34-14-12-32(3)13-15-34/h5-10,17-19,35H,11-16H2,1-4H3,(H,31,36)/b24-19+. The van der Waals surface area contributed by atoms with Gasteiger partial charge in [-0.3, -0.25) is 4.79 Å². The van der Waals surface area contributed by atoms with E-state index in [1.165, 1.54) is 16.5 Å². The highest BCUT2D eigenvalue weighted by Crippen LogP contribution is 2.29. The number of nitriles is 1. The van der Waals surface area contributed by atoms with Crippen LogP contribution in [0.15, 0.2) is 54.1 Å². The molecule has 2 N–H and O–H groups in total. The Kier molecular flexibility index (Phi) is 7.48. The second-order valence-corrected chi connectivity index (χ2v) is 10.2. The summed E-state index contributed by atoms with van der Waals surface area (Å²) in [5, 5.41) is 24.0. The van der Waals surface area contributed by atoms with Crippen molar-refractivity contribution in [1.29, 1.82) is 5.26 Å². The fourth-order valence-electron chi connectivity index (χ4n) is 4.63. The van der Waals surface area contributed by atoms with E-state index in [0.29, 0.717) is 6.42 Å². The van der Waals surface area contributed by atoms with Crippen LogP contribution in [0.1, 0.15) is 26.0 Å². The lowest BCUT2D eigenvalue weighted by molar-refractivity contribution is -0.118. The zero-order valence-corrected chi connectivity index (χ0v) is 21.6. The molecule has 1 amide bonds. The van der Waals surface area contributed by atoms with Gasteiger partial charge in [-0.15, -0.1) is 0 Å². The number of likely N-dealkylation sites (N-methyl/N-ethyl adjacent to an activating group) is 1. The summed E-state index contributed by atoms with van der Waals surface area (Å²) in [6.45, 7) is 7.86. The number of carbonyl (C=O) groups is 1. The second kappa shape index (κ2) is 10.6. The number of carbonyl (C=O) groups excluding carboxylic acids is 1. The summed E-state index contributed by atoms with van der Waals surface area (Å²) in [4.78, 5) is 17.5. The van der Waals surface area contributed by atoms with E-state index >= 15 is 0 Å². The Bertz CT molecular complexity index is 1320. The average molecular weight is 486 g/mol. The molecule has 1 aliphatic heterocycles. The first-order valence-electron chi connectivity index (χ1n) is 12.4. The van der Waals surface area contributed by atoms with Gasteiger partial charge in [-0.2, -0.15) is 5.26 Å². The van der Waals surface area contributed by atoms with Gasteiger partial charge in [0, 0.05) is 62.4 Å². The van der Waals surface area contributed by atoms with Gasteiger partial charge in [0.05, 0.1) is 0 Å². The highest BCUT2D eigenvalue weighted by atomic mass is 16.3. The van der Waals surface area contributed by atoms with E-state index in [9.17, 15) is 15.2 Å². The van der Waals surface area contributed by atoms with Crippen LogP contribution in [-0.4, -0.2) is 65.9 Å². The molecule has 4 rings (SSSR count). The molecule has 188 valence electrons. The maximum atomic E-state index is 12.7. The largest absolute Gasteiger partial charge is 0.396 e. The maximum absolute atomic E-state index is 12.7. The summed E-state index contributed by atoms with van der Waals surface area (Å²) in [5.41, 5.74) is 3.54. The molecule has 2 aromatic carbocycles. The molecular weight excluding hydrogens is 450 g/mol. The summed E-state index contributed by atoms with van der Waals surface area (Å²) in [6.07, 6.45) is 2.02. The molecule has 7 heteroatoms. The van der Waals surface area contributed by atoms with E-state index < -0.39 is 11.4 Å². The Morgan fingerprint density at radius 2 is 1.75 bits per heavy atom. The SMILES string of the molecule is CN1CCN(c2ccc3cc(-c4ccc(/C=C(\C#N)C(=O)NC(C)(C)CCO)n4C)ccc3c2)CC1. The van der Waals surface area contributed by atoms with E-state index in [-0.39, 0.29) is 12.2 Å². The fourth-order valence-corrected chi connectivity index (χ4v) is 4.63. The Morgan fingerprint density at radius 3 is 2.44 bits per heavy atom. The minimum atomic E-state index is -0.601. The highest BCUT2D eigenvalue weighted by Gasteiger charge is 2.22. The van der Waals surface area contributed by atoms with Crippen LogP contribution in [0, 0.1) is 11.3 Å². The monoisotopic (exact) mass is 485 g/mol. The molecule has 0 atom stereocenters. The number of hydrogen-bond acceptors (Lipinski definition) is 5. The molecule has 0 spiro atoms. The normalized spacial score (nSPS) is 15.2. The molecule has 0 unspecified atom stereocenters. The molecule has 0 saturated carbocycles. The summed E-state index contributed by atoms with van der Waals surface area (Å²) in [5.74, 6) is -0.444. The maximum Gasteiger partial charge on any atom is 0.262 e. The van der Waals surface area contributed by atoms with Crippen LogP contribution in [0.4, 0.5) is 5.69 Å². The van der Waals surface area contributed by atoms with Gasteiger partial charge in [0.25, 0.3) is 5.91 Å². The summed E-state index contributed by atoms with van der Waals surface area (Å²) in [6, 6.07) is 19.0. The van der Waals surface area contributed by atoms with Crippen molar-refractivity contribution >= 4 is 28.4 Å². The molecule has 0 bridgehead atoms. The van der Waals surface area contributed by atoms with Crippen molar-refractivity contribution in [3.05, 3.63) is 59.8 Å². The smallest absolute Gasteiger partial charge is 0.262 e. The highest BCUT2D eigenvalue weighted by molar-refractivity contribution is 6.02. The van der Waals surface area contributed by atoms with Gasteiger partial charge in [-0.05, 0) is 80.1 Å². The summed E-state index contributed by atoms with van der Waals surface area (Å²) < 4.78 is 1.99. The van der Waals surface area contributed by atoms with Gasteiger partial charge in [0.1, 0.15) is 11.6 Å². The third kappa shape index (κ3) is 5.62. The summed E-state index contributed by atoms with van der Waals surface area (Å²) in [7, 11) is 4.10.